The first-order valence-electron chi connectivity index (χ1n) is 5.61. The first kappa shape index (κ1) is 11.5. The van der Waals surface area contributed by atoms with E-state index in [1.54, 1.807) is 0 Å². The van der Waals surface area contributed by atoms with Crippen molar-refractivity contribution in [3.8, 4) is 6.07 Å². The van der Waals surface area contributed by atoms with Crippen LogP contribution < -0.4 is 0 Å². The molecule has 14 heavy (non-hydrogen) atoms. The van der Waals surface area contributed by atoms with Crippen LogP contribution in [0.3, 0.4) is 0 Å². The predicted molar refractivity (Wildman–Crippen MR) is 58.0 cm³/mol. The predicted octanol–water partition coefficient (Wildman–Crippen LogP) is 1.32. The van der Waals surface area contributed by atoms with Gasteiger partial charge >= 0.3 is 0 Å². The van der Waals surface area contributed by atoms with Crippen LogP contribution in [0.2, 0.25) is 0 Å². The van der Waals surface area contributed by atoms with Crippen molar-refractivity contribution in [2.75, 3.05) is 39.8 Å². The van der Waals surface area contributed by atoms with Gasteiger partial charge in [0, 0.05) is 19.5 Å². The maximum absolute atomic E-state index is 8.41. The van der Waals surface area contributed by atoms with Crippen molar-refractivity contribution in [2.24, 2.45) is 0 Å². The third-order valence-corrected chi connectivity index (χ3v) is 2.83. The molecule has 1 aliphatic heterocycles. The molecule has 1 heterocycles. The Hall–Kier alpha value is -0.590. The fourth-order valence-corrected chi connectivity index (χ4v) is 1.86. The van der Waals surface area contributed by atoms with Crippen molar-refractivity contribution >= 4 is 0 Å². The molecule has 0 radical (unpaired) electrons. The molecule has 0 spiro atoms. The summed E-state index contributed by atoms with van der Waals surface area (Å²) in [7, 11) is 2.19. The van der Waals surface area contributed by atoms with Gasteiger partial charge in [0.2, 0.25) is 0 Å². The van der Waals surface area contributed by atoms with E-state index < -0.39 is 0 Å². The van der Waals surface area contributed by atoms with Gasteiger partial charge in [-0.05, 0) is 45.9 Å². The molecule has 0 amide bonds. The molecule has 3 heteroatoms. The van der Waals surface area contributed by atoms with Crippen LogP contribution in [0.4, 0.5) is 0 Å². The summed E-state index contributed by atoms with van der Waals surface area (Å²) in [6.45, 7) is 6.03. The smallest absolute Gasteiger partial charge is 0.0621 e. The minimum atomic E-state index is 0.716. The van der Waals surface area contributed by atoms with E-state index in [-0.39, 0.29) is 0 Å². The number of hydrogen-bond acceptors (Lipinski definition) is 3. The molecule has 0 unspecified atom stereocenters. The van der Waals surface area contributed by atoms with Crippen LogP contribution in [0.1, 0.15) is 25.7 Å². The van der Waals surface area contributed by atoms with E-state index >= 15 is 0 Å². The number of unbranched alkanes of at least 4 members (excludes halogenated alkanes) is 2. The Kier molecular flexibility index (Phi) is 5.58. The fraction of sp³-hybridized carbons (Fsp3) is 0.909. The van der Waals surface area contributed by atoms with Gasteiger partial charge in [-0.15, -0.1) is 0 Å². The van der Waals surface area contributed by atoms with Gasteiger partial charge in [0.1, 0.15) is 0 Å². The largest absolute Gasteiger partial charge is 0.305 e. The Morgan fingerprint density at radius 1 is 1.14 bits per heavy atom. The number of nitriles is 1. The summed E-state index contributed by atoms with van der Waals surface area (Å²) in [4.78, 5) is 4.93. The Morgan fingerprint density at radius 3 is 2.79 bits per heavy atom. The van der Waals surface area contributed by atoms with Crippen molar-refractivity contribution in [3.05, 3.63) is 0 Å². The lowest BCUT2D eigenvalue weighted by atomic mass is 10.2. The van der Waals surface area contributed by atoms with Crippen LogP contribution in [0.5, 0.6) is 0 Å². The molecule has 0 aromatic rings. The molecule has 0 bridgehead atoms. The summed E-state index contributed by atoms with van der Waals surface area (Å²) in [6, 6.07) is 2.20. The summed E-state index contributed by atoms with van der Waals surface area (Å²) < 4.78 is 0. The van der Waals surface area contributed by atoms with Crippen molar-refractivity contribution < 1.29 is 0 Å². The highest BCUT2D eigenvalue weighted by Gasteiger charge is 2.10. The van der Waals surface area contributed by atoms with Gasteiger partial charge in [0.05, 0.1) is 6.07 Å². The van der Waals surface area contributed by atoms with Crippen molar-refractivity contribution in [1.82, 2.24) is 9.80 Å². The van der Waals surface area contributed by atoms with E-state index in [9.17, 15) is 0 Å². The lowest BCUT2D eigenvalue weighted by Crippen LogP contribution is -2.29. The maximum atomic E-state index is 8.41. The van der Waals surface area contributed by atoms with E-state index in [1.165, 1.54) is 45.6 Å². The summed E-state index contributed by atoms with van der Waals surface area (Å²) in [6.07, 6.45) is 4.24. The van der Waals surface area contributed by atoms with E-state index in [4.69, 9.17) is 5.26 Å². The maximum Gasteiger partial charge on any atom is 0.0621 e. The topological polar surface area (TPSA) is 30.3 Å². The van der Waals surface area contributed by atoms with Gasteiger partial charge in [-0.2, -0.15) is 5.26 Å². The van der Waals surface area contributed by atoms with Gasteiger partial charge < -0.3 is 9.80 Å². The minimum absolute atomic E-state index is 0.716. The van der Waals surface area contributed by atoms with Gasteiger partial charge in [-0.25, -0.2) is 0 Å². The summed E-state index contributed by atoms with van der Waals surface area (Å²) >= 11 is 0. The molecule has 80 valence electrons. The second-order valence-electron chi connectivity index (χ2n) is 4.11. The van der Waals surface area contributed by atoms with Crippen LogP contribution >= 0.6 is 0 Å². The highest BCUT2D eigenvalue weighted by atomic mass is 15.2. The molecule has 1 rings (SSSR count). The molecule has 0 aromatic carbocycles. The van der Waals surface area contributed by atoms with Crippen LogP contribution in [0.25, 0.3) is 0 Å². The third kappa shape index (κ3) is 4.59. The van der Waals surface area contributed by atoms with Crippen LogP contribution in [0, 0.1) is 11.3 Å². The second-order valence-corrected chi connectivity index (χ2v) is 4.11. The van der Waals surface area contributed by atoms with E-state index in [1.807, 2.05) is 0 Å². The first-order valence-corrected chi connectivity index (χ1v) is 5.61. The van der Waals surface area contributed by atoms with Gasteiger partial charge in [-0.3, -0.25) is 0 Å². The quantitative estimate of drug-likeness (QED) is 0.634. The zero-order valence-electron chi connectivity index (χ0n) is 9.21. The summed E-state index contributed by atoms with van der Waals surface area (Å²) in [5, 5.41) is 8.41. The average molecular weight is 195 g/mol. The number of hydrogen-bond donors (Lipinski definition) is 0. The van der Waals surface area contributed by atoms with Crippen LogP contribution in [-0.4, -0.2) is 49.6 Å². The Bertz CT molecular complexity index is 185. The molecule has 1 aliphatic rings. The zero-order valence-corrected chi connectivity index (χ0v) is 9.21. The van der Waals surface area contributed by atoms with Gasteiger partial charge in [-0.1, -0.05) is 0 Å². The average Bonchev–Trinajstić information content (AvgIpc) is 2.38. The second kappa shape index (κ2) is 6.80. The number of likely N-dealkylation sites (N-methyl/N-ethyl adjacent to an activating group) is 1. The van der Waals surface area contributed by atoms with E-state index in [0.29, 0.717) is 6.42 Å². The molecule has 0 aromatic heterocycles. The number of rotatable bonds is 4. The Labute approximate surface area is 87.3 Å². The highest BCUT2D eigenvalue weighted by molar-refractivity contribution is 4.70. The third-order valence-electron chi connectivity index (χ3n) is 2.83. The first-order chi connectivity index (χ1) is 6.83. The van der Waals surface area contributed by atoms with Crippen molar-refractivity contribution in [3.63, 3.8) is 0 Å². The highest BCUT2D eigenvalue weighted by Crippen LogP contribution is 2.03. The van der Waals surface area contributed by atoms with E-state index in [0.717, 1.165) is 6.42 Å². The lowest BCUT2D eigenvalue weighted by Gasteiger charge is -2.19. The zero-order chi connectivity index (χ0) is 10.2. The monoisotopic (exact) mass is 195 g/mol. The standard InChI is InChI=1S/C11H21N3/c1-13-7-5-9-14(11-10-13)8-4-2-3-6-12/h2-5,7-11H2,1H3. The van der Waals surface area contributed by atoms with Gasteiger partial charge in [0.15, 0.2) is 0 Å². The van der Waals surface area contributed by atoms with Crippen molar-refractivity contribution in [1.29, 1.82) is 5.26 Å². The molecular weight excluding hydrogens is 174 g/mol. The molecular formula is C11H21N3. The molecule has 1 fully saturated rings. The van der Waals surface area contributed by atoms with Gasteiger partial charge in [0.25, 0.3) is 0 Å². The molecule has 3 nitrogen and oxygen atoms in total. The van der Waals surface area contributed by atoms with E-state index in [2.05, 4.69) is 22.9 Å². The Morgan fingerprint density at radius 2 is 2.00 bits per heavy atom. The van der Waals surface area contributed by atoms with Crippen LogP contribution in [0.15, 0.2) is 0 Å². The summed E-state index contributed by atoms with van der Waals surface area (Å²) in [5.41, 5.74) is 0. The van der Waals surface area contributed by atoms with Crippen LogP contribution in [-0.2, 0) is 0 Å². The number of nitrogens with zero attached hydrogens (tertiary/aromatic N) is 3. The Balaban J connectivity index is 2.08. The minimum Gasteiger partial charge on any atom is -0.305 e. The summed E-state index contributed by atoms with van der Waals surface area (Å²) in [5.74, 6) is 0. The fourth-order valence-electron chi connectivity index (χ4n) is 1.86. The normalized spacial score (nSPS) is 20.3. The van der Waals surface area contributed by atoms with Crippen molar-refractivity contribution in [2.45, 2.75) is 25.7 Å². The SMILES string of the molecule is CN1CCCN(CCCCC#N)CC1. The molecule has 0 saturated carbocycles. The molecule has 1 saturated heterocycles. The molecule has 0 aliphatic carbocycles. The molecule has 0 N–H and O–H groups in total. The molecule has 0 atom stereocenters. The lowest BCUT2D eigenvalue weighted by molar-refractivity contribution is 0.272.